The van der Waals surface area contributed by atoms with Crippen molar-refractivity contribution in [2.75, 3.05) is 13.1 Å². The van der Waals surface area contributed by atoms with Crippen molar-refractivity contribution in [3.8, 4) is 0 Å². The molecular formula is C19H24FN3O. The van der Waals surface area contributed by atoms with Gasteiger partial charge in [0, 0.05) is 6.42 Å². The van der Waals surface area contributed by atoms with E-state index in [1.165, 1.54) is 31.2 Å². The van der Waals surface area contributed by atoms with E-state index >= 15 is 0 Å². The topological polar surface area (TPSA) is 42.2 Å². The van der Waals surface area contributed by atoms with Gasteiger partial charge in [0.2, 0.25) is 5.89 Å². The zero-order chi connectivity index (χ0) is 16.4. The molecule has 1 aliphatic carbocycles. The van der Waals surface area contributed by atoms with E-state index in [1.54, 1.807) is 12.1 Å². The molecular weight excluding hydrogens is 305 g/mol. The Kier molecular flexibility index (Phi) is 4.60. The first-order valence-corrected chi connectivity index (χ1v) is 9.03. The first-order chi connectivity index (χ1) is 11.7. The summed E-state index contributed by atoms with van der Waals surface area (Å²) in [4.78, 5) is 6.92. The molecule has 1 aromatic heterocycles. The number of hydrogen-bond acceptors (Lipinski definition) is 4. The normalized spacial score (nSPS) is 19.7. The molecule has 1 saturated carbocycles. The van der Waals surface area contributed by atoms with Gasteiger partial charge in [0.05, 0.1) is 6.54 Å². The molecule has 2 fully saturated rings. The predicted molar refractivity (Wildman–Crippen MR) is 88.8 cm³/mol. The lowest BCUT2D eigenvalue weighted by Crippen LogP contribution is -2.34. The Morgan fingerprint density at radius 2 is 1.71 bits per heavy atom. The minimum Gasteiger partial charge on any atom is -0.338 e. The van der Waals surface area contributed by atoms with E-state index in [9.17, 15) is 4.39 Å². The lowest BCUT2D eigenvalue weighted by molar-refractivity contribution is 0.159. The summed E-state index contributed by atoms with van der Waals surface area (Å²) in [5.41, 5.74) is 1.23. The standard InChI is InChI=1S/C19H24FN3O/c20-17-5-3-14(4-6-17)11-16-7-9-23(10-8-16)13-19-21-18(22-24-19)12-15-1-2-15/h3-6,15-16H,1-2,7-13H2. The Morgan fingerprint density at radius 3 is 2.42 bits per heavy atom. The largest absolute Gasteiger partial charge is 0.338 e. The molecule has 0 N–H and O–H groups in total. The maximum atomic E-state index is 13.0. The second-order valence-corrected chi connectivity index (χ2v) is 7.30. The van der Waals surface area contributed by atoms with E-state index in [0.29, 0.717) is 5.92 Å². The van der Waals surface area contributed by atoms with Crippen LogP contribution in [0.4, 0.5) is 4.39 Å². The highest BCUT2D eigenvalue weighted by molar-refractivity contribution is 5.16. The molecule has 0 bridgehead atoms. The third-order valence-corrected chi connectivity index (χ3v) is 5.18. The van der Waals surface area contributed by atoms with Crippen molar-refractivity contribution in [3.63, 3.8) is 0 Å². The van der Waals surface area contributed by atoms with Crippen molar-refractivity contribution >= 4 is 0 Å². The number of likely N-dealkylation sites (tertiary alicyclic amines) is 1. The van der Waals surface area contributed by atoms with Crippen LogP contribution >= 0.6 is 0 Å². The monoisotopic (exact) mass is 329 g/mol. The first-order valence-electron chi connectivity index (χ1n) is 9.03. The average Bonchev–Trinajstić information content (AvgIpc) is 3.30. The van der Waals surface area contributed by atoms with E-state index in [2.05, 4.69) is 15.0 Å². The number of piperidine rings is 1. The fraction of sp³-hybridized carbons (Fsp3) is 0.579. The van der Waals surface area contributed by atoms with Gasteiger partial charge in [-0.3, -0.25) is 4.90 Å². The van der Waals surface area contributed by atoms with Crippen molar-refractivity contribution in [2.24, 2.45) is 11.8 Å². The van der Waals surface area contributed by atoms with Gasteiger partial charge in [0.1, 0.15) is 5.82 Å². The molecule has 2 aromatic rings. The number of benzene rings is 1. The van der Waals surface area contributed by atoms with Crippen LogP contribution in [0, 0.1) is 17.7 Å². The quantitative estimate of drug-likeness (QED) is 0.812. The predicted octanol–water partition coefficient (Wildman–Crippen LogP) is 3.62. The lowest BCUT2D eigenvalue weighted by atomic mass is 9.90. The van der Waals surface area contributed by atoms with E-state index in [0.717, 1.165) is 50.1 Å². The van der Waals surface area contributed by atoms with Crippen LogP contribution in [0.5, 0.6) is 0 Å². The van der Waals surface area contributed by atoms with Crippen LogP contribution in [0.1, 0.15) is 43.0 Å². The van der Waals surface area contributed by atoms with Crippen LogP contribution in [0.3, 0.4) is 0 Å². The Hall–Kier alpha value is -1.75. The fourth-order valence-electron chi connectivity index (χ4n) is 3.51. The molecule has 0 radical (unpaired) electrons. The van der Waals surface area contributed by atoms with Crippen molar-refractivity contribution in [1.82, 2.24) is 15.0 Å². The van der Waals surface area contributed by atoms with E-state index in [4.69, 9.17) is 4.52 Å². The maximum absolute atomic E-state index is 13.0. The van der Waals surface area contributed by atoms with Crippen LogP contribution in [0.2, 0.25) is 0 Å². The molecule has 1 aliphatic heterocycles. The third kappa shape index (κ3) is 4.20. The van der Waals surface area contributed by atoms with Crippen LogP contribution in [-0.2, 0) is 19.4 Å². The Bertz CT molecular complexity index is 658. The lowest BCUT2D eigenvalue weighted by Gasteiger charge is -2.31. The Balaban J connectivity index is 1.23. The molecule has 2 heterocycles. The highest BCUT2D eigenvalue weighted by atomic mass is 19.1. The van der Waals surface area contributed by atoms with Crippen LogP contribution in [0.25, 0.3) is 0 Å². The molecule has 0 atom stereocenters. The zero-order valence-corrected chi connectivity index (χ0v) is 14.0. The highest BCUT2D eigenvalue weighted by Gasteiger charge is 2.25. The minimum atomic E-state index is -0.158. The van der Waals surface area contributed by atoms with Gasteiger partial charge >= 0.3 is 0 Å². The summed E-state index contributed by atoms with van der Waals surface area (Å²) in [5.74, 6) is 2.94. The number of aromatic nitrogens is 2. The number of halogens is 1. The second kappa shape index (κ2) is 7.01. The fourth-order valence-corrected chi connectivity index (χ4v) is 3.51. The van der Waals surface area contributed by atoms with Gasteiger partial charge < -0.3 is 4.52 Å². The second-order valence-electron chi connectivity index (χ2n) is 7.30. The van der Waals surface area contributed by atoms with E-state index in [1.807, 2.05) is 12.1 Å². The summed E-state index contributed by atoms with van der Waals surface area (Å²) >= 11 is 0. The summed E-state index contributed by atoms with van der Waals surface area (Å²) in [6.07, 6.45) is 6.97. The smallest absolute Gasteiger partial charge is 0.240 e. The van der Waals surface area contributed by atoms with Crippen LogP contribution in [0.15, 0.2) is 28.8 Å². The summed E-state index contributed by atoms with van der Waals surface area (Å²) in [6.45, 7) is 2.89. The van der Waals surface area contributed by atoms with Gasteiger partial charge in [-0.1, -0.05) is 17.3 Å². The van der Waals surface area contributed by atoms with Gasteiger partial charge in [-0.15, -0.1) is 0 Å². The van der Waals surface area contributed by atoms with E-state index in [-0.39, 0.29) is 5.82 Å². The van der Waals surface area contributed by atoms with Crippen molar-refractivity contribution < 1.29 is 8.91 Å². The molecule has 0 unspecified atom stereocenters. The number of hydrogen-bond donors (Lipinski definition) is 0. The molecule has 4 rings (SSSR count). The first kappa shape index (κ1) is 15.8. The average molecular weight is 329 g/mol. The van der Waals surface area contributed by atoms with Gasteiger partial charge in [-0.2, -0.15) is 4.98 Å². The summed E-state index contributed by atoms with van der Waals surface area (Å²) in [5, 5.41) is 4.10. The number of nitrogens with zero attached hydrogens (tertiary/aromatic N) is 3. The zero-order valence-electron chi connectivity index (χ0n) is 14.0. The van der Waals surface area contributed by atoms with Crippen LogP contribution < -0.4 is 0 Å². The Labute approximate surface area is 142 Å². The minimum absolute atomic E-state index is 0.158. The van der Waals surface area contributed by atoms with Gasteiger partial charge in [-0.05, 0) is 74.7 Å². The SMILES string of the molecule is Fc1ccc(CC2CCN(Cc3nc(CC4CC4)no3)CC2)cc1. The van der Waals surface area contributed by atoms with Gasteiger partial charge in [0.25, 0.3) is 0 Å². The molecule has 2 aliphatic rings. The van der Waals surface area contributed by atoms with Crippen molar-refractivity contribution in [2.45, 2.75) is 45.1 Å². The van der Waals surface area contributed by atoms with Crippen molar-refractivity contribution in [1.29, 1.82) is 0 Å². The molecule has 1 saturated heterocycles. The molecule has 0 spiro atoms. The third-order valence-electron chi connectivity index (χ3n) is 5.18. The van der Waals surface area contributed by atoms with Crippen LogP contribution in [-0.4, -0.2) is 28.1 Å². The van der Waals surface area contributed by atoms with Gasteiger partial charge in [0.15, 0.2) is 5.82 Å². The highest BCUT2D eigenvalue weighted by Crippen LogP contribution is 2.31. The number of rotatable bonds is 6. The maximum Gasteiger partial charge on any atom is 0.240 e. The molecule has 0 amide bonds. The summed E-state index contributed by atoms with van der Waals surface area (Å²) in [6, 6.07) is 6.92. The van der Waals surface area contributed by atoms with E-state index < -0.39 is 0 Å². The molecule has 1 aromatic carbocycles. The Morgan fingerprint density at radius 1 is 1.00 bits per heavy atom. The molecule has 4 nitrogen and oxygen atoms in total. The molecule has 24 heavy (non-hydrogen) atoms. The van der Waals surface area contributed by atoms with Crippen molar-refractivity contribution in [3.05, 3.63) is 47.4 Å². The molecule has 5 heteroatoms. The molecule has 128 valence electrons. The van der Waals surface area contributed by atoms with Gasteiger partial charge in [-0.25, -0.2) is 4.39 Å². The summed E-state index contributed by atoms with van der Waals surface area (Å²) in [7, 11) is 0. The summed E-state index contributed by atoms with van der Waals surface area (Å²) < 4.78 is 18.4.